The van der Waals surface area contributed by atoms with Crippen LogP contribution in [0.1, 0.15) is 12.5 Å². The smallest absolute Gasteiger partial charge is 0.306 e. The Morgan fingerprint density at radius 3 is 3.12 bits per heavy atom. The molecule has 0 spiro atoms. The number of rotatable bonds is 3. The average molecular weight is 239 g/mol. The van der Waals surface area contributed by atoms with Gasteiger partial charge in [0, 0.05) is 6.20 Å². The fraction of sp³-hybridized carbons (Fsp3) is 0.273. The van der Waals surface area contributed by atoms with Crippen LogP contribution in [0.2, 0.25) is 5.15 Å². The van der Waals surface area contributed by atoms with Gasteiger partial charge in [0.25, 0.3) is 0 Å². The van der Waals surface area contributed by atoms with Crippen LogP contribution in [-0.2, 0) is 11.2 Å². The Bertz CT molecular complexity index is 536. The van der Waals surface area contributed by atoms with E-state index in [1.165, 1.54) is 0 Å². The average Bonchev–Trinajstić information content (AvgIpc) is 2.60. The van der Waals surface area contributed by atoms with Gasteiger partial charge in [0.2, 0.25) is 0 Å². The highest BCUT2D eigenvalue weighted by Crippen LogP contribution is 2.18. The molecule has 0 aromatic carbocycles. The fourth-order valence-corrected chi connectivity index (χ4v) is 1.76. The molecule has 0 aliphatic rings. The summed E-state index contributed by atoms with van der Waals surface area (Å²) in [5, 5.41) is 9.26. The lowest BCUT2D eigenvalue weighted by Gasteiger charge is -2.06. The molecule has 1 N–H and O–H groups in total. The molecule has 16 heavy (non-hydrogen) atoms. The Morgan fingerprint density at radius 1 is 1.69 bits per heavy atom. The van der Waals surface area contributed by atoms with Gasteiger partial charge in [-0.05, 0) is 24.1 Å². The van der Waals surface area contributed by atoms with Crippen LogP contribution in [0.3, 0.4) is 0 Å². The number of nitrogens with zero attached hydrogens (tertiary/aromatic N) is 2. The summed E-state index contributed by atoms with van der Waals surface area (Å²) in [5.74, 6) is -1.19. The van der Waals surface area contributed by atoms with Crippen molar-refractivity contribution in [3.05, 3.63) is 35.4 Å². The molecule has 0 aliphatic carbocycles. The van der Waals surface area contributed by atoms with E-state index in [0.29, 0.717) is 11.6 Å². The molecule has 0 aliphatic heterocycles. The van der Waals surface area contributed by atoms with E-state index in [9.17, 15) is 4.79 Å². The lowest BCUT2D eigenvalue weighted by molar-refractivity contribution is -0.141. The minimum Gasteiger partial charge on any atom is -0.481 e. The van der Waals surface area contributed by atoms with Crippen molar-refractivity contribution in [1.29, 1.82) is 0 Å². The molecule has 2 aromatic rings. The van der Waals surface area contributed by atoms with Crippen molar-refractivity contribution in [2.45, 2.75) is 13.3 Å². The lowest BCUT2D eigenvalue weighted by Crippen LogP contribution is -2.12. The highest BCUT2D eigenvalue weighted by atomic mass is 35.5. The predicted octanol–water partition coefficient (Wildman–Crippen LogP) is 2.25. The number of carboxylic acid groups (broad SMARTS) is 1. The largest absolute Gasteiger partial charge is 0.481 e. The second-order valence-electron chi connectivity index (χ2n) is 3.81. The van der Waals surface area contributed by atoms with Gasteiger partial charge in [0.05, 0.1) is 11.4 Å². The van der Waals surface area contributed by atoms with Gasteiger partial charge in [-0.2, -0.15) is 0 Å². The Morgan fingerprint density at radius 2 is 2.44 bits per heavy atom. The quantitative estimate of drug-likeness (QED) is 0.892. The number of pyridine rings is 1. The first-order valence-electron chi connectivity index (χ1n) is 4.92. The number of halogens is 1. The number of aliphatic carboxylic acids is 1. The maximum absolute atomic E-state index is 10.7. The second kappa shape index (κ2) is 4.14. The van der Waals surface area contributed by atoms with Gasteiger partial charge in [0.15, 0.2) is 5.15 Å². The van der Waals surface area contributed by atoms with Crippen LogP contribution < -0.4 is 0 Å². The molecule has 5 heteroatoms. The monoisotopic (exact) mass is 238 g/mol. The molecule has 0 bridgehead atoms. The fourth-order valence-electron chi connectivity index (χ4n) is 1.57. The Labute approximate surface area is 97.5 Å². The van der Waals surface area contributed by atoms with Gasteiger partial charge in [-0.15, -0.1) is 0 Å². The minimum atomic E-state index is -0.792. The van der Waals surface area contributed by atoms with E-state index in [0.717, 1.165) is 11.1 Å². The Balaban J connectivity index is 2.32. The van der Waals surface area contributed by atoms with Crippen molar-refractivity contribution < 1.29 is 9.90 Å². The topological polar surface area (TPSA) is 54.6 Å². The summed E-state index contributed by atoms with van der Waals surface area (Å²) in [4.78, 5) is 14.7. The van der Waals surface area contributed by atoms with Crippen LogP contribution in [0.15, 0.2) is 24.7 Å². The second-order valence-corrected chi connectivity index (χ2v) is 4.16. The van der Waals surface area contributed by atoms with E-state index in [1.54, 1.807) is 17.7 Å². The van der Waals surface area contributed by atoms with Gasteiger partial charge in [-0.25, -0.2) is 4.98 Å². The maximum Gasteiger partial charge on any atom is 0.306 e. The molecule has 0 saturated heterocycles. The summed E-state index contributed by atoms with van der Waals surface area (Å²) in [6.07, 6.45) is 3.95. The molecule has 2 heterocycles. The summed E-state index contributed by atoms with van der Waals surface area (Å²) in [6.45, 7) is 1.69. The number of imidazole rings is 1. The predicted molar refractivity (Wildman–Crippen MR) is 60.7 cm³/mol. The molecular weight excluding hydrogens is 228 g/mol. The van der Waals surface area contributed by atoms with E-state index < -0.39 is 11.9 Å². The third-order valence-corrected chi connectivity index (χ3v) is 2.81. The molecule has 1 unspecified atom stereocenters. The van der Waals surface area contributed by atoms with E-state index in [4.69, 9.17) is 16.7 Å². The molecule has 1 atom stereocenters. The molecule has 0 fully saturated rings. The number of hydrogen-bond acceptors (Lipinski definition) is 2. The normalized spacial score (nSPS) is 12.9. The summed E-state index contributed by atoms with van der Waals surface area (Å²) in [5.41, 5.74) is 1.75. The van der Waals surface area contributed by atoms with Gasteiger partial charge in [-0.1, -0.05) is 18.5 Å². The van der Waals surface area contributed by atoms with E-state index in [2.05, 4.69) is 4.98 Å². The summed E-state index contributed by atoms with van der Waals surface area (Å²) in [7, 11) is 0. The number of aromatic nitrogens is 2. The van der Waals surface area contributed by atoms with Gasteiger partial charge >= 0.3 is 5.97 Å². The van der Waals surface area contributed by atoms with Crippen LogP contribution in [-0.4, -0.2) is 20.5 Å². The van der Waals surface area contributed by atoms with E-state index >= 15 is 0 Å². The maximum atomic E-state index is 10.7. The van der Waals surface area contributed by atoms with Crippen LogP contribution in [0, 0.1) is 5.92 Å². The highest BCUT2D eigenvalue weighted by Gasteiger charge is 2.12. The molecule has 4 nitrogen and oxygen atoms in total. The summed E-state index contributed by atoms with van der Waals surface area (Å²) >= 11 is 5.90. The first kappa shape index (κ1) is 11.0. The lowest BCUT2D eigenvalue weighted by atomic mass is 10.0. The number of fused-ring (bicyclic) bond motifs is 1. The molecule has 2 aromatic heterocycles. The first-order chi connectivity index (χ1) is 7.58. The molecule has 0 saturated carbocycles. The van der Waals surface area contributed by atoms with Crippen LogP contribution in [0.25, 0.3) is 5.52 Å². The van der Waals surface area contributed by atoms with Crippen molar-refractivity contribution in [1.82, 2.24) is 9.38 Å². The van der Waals surface area contributed by atoms with Gasteiger partial charge in [-0.3, -0.25) is 4.79 Å². The van der Waals surface area contributed by atoms with E-state index in [1.807, 2.05) is 18.3 Å². The molecular formula is C11H11ClN2O2. The zero-order valence-electron chi connectivity index (χ0n) is 8.72. The van der Waals surface area contributed by atoms with Crippen molar-refractivity contribution in [2.24, 2.45) is 5.92 Å². The SMILES string of the molecule is CC(Cc1ccn2cnc(Cl)c2c1)C(=O)O. The highest BCUT2D eigenvalue weighted by molar-refractivity contribution is 6.32. The summed E-state index contributed by atoms with van der Waals surface area (Å²) in [6, 6.07) is 3.75. The third-order valence-electron chi connectivity index (χ3n) is 2.52. The van der Waals surface area contributed by atoms with Crippen LogP contribution in [0.4, 0.5) is 0 Å². The third kappa shape index (κ3) is 2.02. The van der Waals surface area contributed by atoms with Crippen molar-refractivity contribution >= 4 is 23.1 Å². The minimum absolute atomic E-state index is 0.399. The Hall–Kier alpha value is -1.55. The molecule has 0 amide bonds. The Kier molecular flexibility index (Phi) is 2.83. The van der Waals surface area contributed by atoms with Gasteiger partial charge < -0.3 is 9.51 Å². The van der Waals surface area contributed by atoms with Crippen LogP contribution >= 0.6 is 11.6 Å². The zero-order chi connectivity index (χ0) is 11.7. The molecule has 2 rings (SSSR count). The van der Waals surface area contributed by atoms with E-state index in [-0.39, 0.29) is 0 Å². The first-order valence-corrected chi connectivity index (χ1v) is 5.29. The number of carbonyl (C=O) groups is 1. The van der Waals surface area contributed by atoms with Gasteiger partial charge in [0.1, 0.15) is 6.33 Å². The van der Waals surface area contributed by atoms with Crippen molar-refractivity contribution in [2.75, 3.05) is 0 Å². The van der Waals surface area contributed by atoms with Crippen molar-refractivity contribution in [3.8, 4) is 0 Å². The number of hydrogen-bond donors (Lipinski definition) is 1. The van der Waals surface area contributed by atoms with Crippen molar-refractivity contribution in [3.63, 3.8) is 0 Å². The summed E-state index contributed by atoms with van der Waals surface area (Å²) < 4.78 is 1.80. The zero-order valence-corrected chi connectivity index (χ0v) is 9.48. The number of carboxylic acids is 1. The van der Waals surface area contributed by atoms with Crippen LogP contribution in [0.5, 0.6) is 0 Å². The standard InChI is InChI=1S/C11H11ClN2O2/c1-7(11(15)16)4-8-2-3-14-6-13-10(12)9(14)5-8/h2-3,5-7H,4H2,1H3,(H,15,16). The molecule has 0 radical (unpaired) electrons. The molecule has 84 valence electrons.